The summed E-state index contributed by atoms with van der Waals surface area (Å²) in [5, 5.41) is 2.15. The summed E-state index contributed by atoms with van der Waals surface area (Å²) in [6.45, 7) is 10.6. The number of aromatic nitrogens is 4. The van der Waals surface area contributed by atoms with Gasteiger partial charge in [0.05, 0.1) is 16.9 Å². The van der Waals surface area contributed by atoms with Crippen LogP contribution in [0.4, 0.5) is 0 Å². The molecule has 0 atom stereocenters. The number of benzene rings is 4. The fourth-order valence-corrected chi connectivity index (χ4v) is 5.53. The molecule has 8 aromatic rings. The zero-order valence-corrected chi connectivity index (χ0v) is 29.4. The van der Waals surface area contributed by atoms with Gasteiger partial charge in [-0.3, -0.25) is 4.98 Å². The Morgan fingerprint density at radius 1 is 0.723 bits per heavy atom. The van der Waals surface area contributed by atoms with Crippen LogP contribution in [0.15, 0.2) is 120 Å². The molecule has 0 bridgehead atoms. The van der Waals surface area contributed by atoms with Crippen molar-refractivity contribution in [2.75, 3.05) is 0 Å². The smallest absolute Gasteiger partial charge is 0.168 e. The summed E-state index contributed by atoms with van der Waals surface area (Å²) in [7, 11) is 0. The van der Waals surface area contributed by atoms with Crippen LogP contribution >= 0.6 is 0 Å². The van der Waals surface area contributed by atoms with Gasteiger partial charge in [-0.15, -0.1) is 53.6 Å². The fourth-order valence-electron chi connectivity index (χ4n) is 5.53. The topological polar surface area (TPSA) is 56.7 Å². The van der Waals surface area contributed by atoms with Crippen molar-refractivity contribution in [3.63, 3.8) is 0 Å². The van der Waals surface area contributed by atoms with Crippen molar-refractivity contribution in [1.82, 2.24) is 19.5 Å². The molecular formula is C41H34IrN4O-2. The third kappa shape index (κ3) is 6.40. The Balaban J connectivity index is 0.000000217. The molecule has 0 fully saturated rings. The van der Waals surface area contributed by atoms with Gasteiger partial charge in [0.25, 0.3) is 0 Å². The van der Waals surface area contributed by atoms with E-state index in [1.165, 1.54) is 11.1 Å². The number of nitrogens with zero attached hydrogens (tertiary/aromatic N) is 4. The van der Waals surface area contributed by atoms with E-state index in [1.807, 2.05) is 73.8 Å². The molecule has 1 radical (unpaired) electrons. The van der Waals surface area contributed by atoms with Crippen molar-refractivity contribution in [2.24, 2.45) is 0 Å². The van der Waals surface area contributed by atoms with Crippen molar-refractivity contribution in [1.29, 1.82) is 0 Å². The predicted octanol–water partition coefficient (Wildman–Crippen LogP) is 10.2. The maximum absolute atomic E-state index is 6.30. The molecule has 235 valence electrons. The molecular weight excluding hydrogens is 757 g/mol. The summed E-state index contributed by atoms with van der Waals surface area (Å²) < 4.78 is 8.44. The second-order valence-electron chi connectivity index (χ2n) is 12.6. The van der Waals surface area contributed by atoms with Gasteiger partial charge in [-0.2, -0.15) is 0 Å². The summed E-state index contributed by atoms with van der Waals surface area (Å²) in [5.41, 5.74) is 10.6. The molecule has 4 aromatic carbocycles. The molecule has 4 heterocycles. The first-order chi connectivity index (χ1) is 22.3. The molecule has 0 aliphatic rings. The van der Waals surface area contributed by atoms with Gasteiger partial charge in [0.2, 0.25) is 0 Å². The van der Waals surface area contributed by atoms with E-state index in [2.05, 4.69) is 97.9 Å². The van der Waals surface area contributed by atoms with Crippen molar-refractivity contribution >= 4 is 33.1 Å². The molecule has 8 rings (SSSR count). The molecule has 6 heteroatoms. The summed E-state index contributed by atoms with van der Waals surface area (Å²) in [6.07, 6.45) is 1.88. The van der Waals surface area contributed by atoms with Crippen molar-refractivity contribution in [3.8, 4) is 28.3 Å². The van der Waals surface area contributed by atoms with Crippen LogP contribution in [0, 0.1) is 26.0 Å². The molecule has 0 unspecified atom stereocenters. The van der Waals surface area contributed by atoms with Crippen molar-refractivity contribution < 1.29 is 24.5 Å². The van der Waals surface area contributed by atoms with E-state index in [9.17, 15) is 0 Å². The fraction of sp³-hybridized carbons (Fsp3) is 0.146. The number of hydrogen-bond donors (Lipinski definition) is 0. The minimum atomic E-state index is -0.0598. The first kappa shape index (κ1) is 32.1. The Labute approximate surface area is 288 Å². The molecule has 47 heavy (non-hydrogen) atoms. The zero-order chi connectivity index (χ0) is 31.8. The Morgan fingerprint density at radius 3 is 2.21 bits per heavy atom. The summed E-state index contributed by atoms with van der Waals surface area (Å²) >= 11 is 0. The predicted molar refractivity (Wildman–Crippen MR) is 187 cm³/mol. The quantitative estimate of drug-likeness (QED) is 0.167. The van der Waals surface area contributed by atoms with Gasteiger partial charge >= 0.3 is 0 Å². The van der Waals surface area contributed by atoms with Gasteiger partial charge in [-0.1, -0.05) is 87.2 Å². The molecule has 4 aromatic heterocycles. The van der Waals surface area contributed by atoms with E-state index in [4.69, 9.17) is 14.4 Å². The molecule has 0 amide bonds. The average Bonchev–Trinajstić information content (AvgIpc) is 3.64. The van der Waals surface area contributed by atoms with E-state index in [1.54, 1.807) is 0 Å². The maximum Gasteiger partial charge on any atom is 0.168 e. The van der Waals surface area contributed by atoms with Gasteiger partial charge in [0, 0.05) is 48.5 Å². The molecule has 0 aliphatic heterocycles. The number of imidazole rings is 1. The number of rotatable bonds is 3. The van der Waals surface area contributed by atoms with E-state index < -0.39 is 0 Å². The third-order valence-corrected chi connectivity index (χ3v) is 8.02. The number of fused-ring (bicyclic) bond motifs is 4. The first-order valence-electron chi connectivity index (χ1n) is 15.5. The van der Waals surface area contributed by atoms with E-state index in [0.29, 0.717) is 0 Å². The molecule has 0 N–H and O–H groups in total. The zero-order valence-electron chi connectivity index (χ0n) is 27.0. The minimum absolute atomic E-state index is 0. The Morgan fingerprint density at radius 2 is 1.49 bits per heavy atom. The number of pyridine rings is 2. The average molecular weight is 791 g/mol. The van der Waals surface area contributed by atoms with E-state index in [0.717, 1.165) is 67.1 Å². The Hall–Kier alpha value is -4.90. The SMILES string of the molecule is CC(C)(C)c1ccc2c(n1)nc(-c1[c-]ccc3c1oc1ccccc13)n2-c1ccccc1.Cc1c[c-]c(-c2ccc(C)cn2)cc1.[Ir]. The number of hydrogen-bond acceptors (Lipinski definition) is 4. The van der Waals surface area contributed by atoms with Gasteiger partial charge in [0.15, 0.2) is 5.65 Å². The largest absolute Gasteiger partial charge is 0.501 e. The maximum atomic E-state index is 6.30. The molecule has 0 saturated carbocycles. The van der Waals surface area contributed by atoms with Crippen molar-refractivity contribution in [2.45, 2.75) is 40.0 Å². The standard InChI is InChI=1S/C28H22N3O.C13H12N.Ir/c1-28(2,3)24-17-16-22-26(29-24)30-27(31(22)18-10-5-4-6-11-18)21-14-9-13-20-19-12-7-8-15-23(19)32-25(20)21;1-10-3-6-12(7-4-10)13-8-5-11(2)9-14-13;/h4-13,15-17H,1-3H3;3-6,8-9H,1-2H3;/q2*-1;. The van der Waals surface area contributed by atoms with Crippen LogP contribution in [0.2, 0.25) is 0 Å². The van der Waals surface area contributed by atoms with Gasteiger partial charge in [-0.25, -0.2) is 4.98 Å². The summed E-state index contributed by atoms with van der Waals surface area (Å²) in [5.74, 6) is 0.773. The van der Waals surface area contributed by atoms with Crippen LogP contribution in [0.5, 0.6) is 0 Å². The monoisotopic (exact) mass is 791 g/mol. The Kier molecular flexibility index (Phi) is 8.92. The van der Waals surface area contributed by atoms with Crippen LogP contribution in [-0.2, 0) is 25.5 Å². The van der Waals surface area contributed by atoms with Crippen LogP contribution < -0.4 is 0 Å². The number of furan rings is 1. The molecule has 0 spiro atoms. The van der Waals surface area contributed by atoms with Crippen molar-refractivity contribution in [3.05, 3.63) is 144 Å². The van der Waals surface area contributed by atoms with Crippen LogP contribution in [0.1, 0.15) is 37.6 Å². The van der Waals surface area contributed by atoms with Gasteiger partial charge in [-0.05, 0) is 48.5 Å². The first-order valence-corrected chi connectivity index (χ1v) is 15.5. The third-order valence-electron chi connectivity index (χ3n) is 8.02. The Bertz CT molecular complexity index is 2250. The van der Waals surface area contributed by atoms with Gasteiger partial charge in [0.1, 0.15) is 5.58 Å². The van der Waals surface area contributed by atoms with Crippen LogP contribution in [0.25, 0.3) is 61.4 Å². The van der Waals surface area contributed by atoms with Crippen LogP contribution in [-0.4, -0.2) is 19.5 Å². The van der Waals surface area contributed by atoms with Gasteiger partial charge < -0.3 is 14.0 Å². The second-order valence-corrected chi connectivity index (χ2v) is 12.6. The molecule has 0 aliphatic carbocycles. The normalized spacial score (nSPS) is 11.3. The van der Waals surface area contributed by atoms with Crippen LogP contribution in [0.3, 0.4) is 0 Å². The van der Waals surface area contributed by atoms with E-state index >= 15 is 0 Å². The number of aryl methyl sites for hydroxylation is 2. The number of para-hydroxylation sites is 2. The molecule has 0 saturated heterocycles. The summed E-state index contributed by atoms with van der Waals surface area (Å²) in [4.78, 5) is 14.3. The summed E-state index contributed by atoms with van der Waals surface area (Å²) in [6, 6.07) is 43.4. The second kappa shape index (κ2) is 13.1. The minimum Gasteiger partial charge on any atom is -0.501 e. The van der Waals surface area contributed by atoms with E-state index in [-0.39, 0.29) is 25.5 Å². The molecule has 5 nitrogen and oxygen atoms in total.